The first-order valence-corrected chi connectivity index (χ1v) is 10.7. The molecule has 0 saturated carbocycles. The van der Waals surface area contributed by atoms with Gasteiger partial charge in [-0.25, -0.2) is 0 Å². The molecule has 0 saturated heterocycles. The first-order valence-electron chi connectivity index (χ1n) is 10.7. The summed E-state index contributed by atoms with van der Waals surface area (Å²) in [4.78, 5) is 28.7. The zero-order chi connectivity index (χ0) is 23.1. The van der Waals surface area contributed by atoms with Gasteiger partial charge in [0.25, 0.3) is 5.91 Å². The van der Waals surface area contributed by atoms with Crippen molar-refractivity contribution < 1.29 is 18.5 Å². The zero-order valence-corrected chi connectivity index (χ0v) is 18.3. The molecule has 33 heavy (non-hydrogen) atoms. The van der Waals surface area contributed by atoms with Crippen LogP contribution in [-0.4, -0.2) is 17.7 Å². The third-order valence-electron chi connectivity index (χ3n) is 5.75. The van der Waals surface area contributed by atoms with Crippen molar-refractivity contribution in [3.05, 3.63) is 99.6 Å². The fourth-order valence-corrected chi connectivity index (χ4v) is 4.19. The van der Waals surface area contributed by atoms with E-state index in [9.17, 15) is 9.59 Å². The highest BCUT2D eigenvalue weighted by molar-refractivity contribution is 6.10. The lowest BCUT2D eigenvalue weighted by atomic mass is 9.97. The first kappa shape index (κ1) is 20.8. The number of ether oxygens (including phenoxy) is 1. The molecule has 1 aliphatic rings. The van der Waals surface area contributed by atoms with Crippen molar-refractivity contribution >= 4 is 22.7 Å². The fourth-order valence-electron chi connectivity index (χ4n) is 4.19. The van der Waals surface area contributed by atoms with Crippen LogP contribution in [0.4, 0.5) is 5.82 Å². The lowest BCUT2D eigenvalue weighted by Crippen LogP contribution is -2.29. The number of fused-ring (bicyclic) bond motifs is 2. The van der Waals surface area contributed by atoms with E-state index in [1.807, 2.05) is 43.3 Å². The van der Waals surface area contributed by atoms with Gasteiger partial charge in [0.15, 0.2) is 11.2 Å². The summed E-state index contributed by atoms with van der Waals surface area (Å²) in [6.45, 7) is 7.77. The molecule has 7 heteroatoms. The number of benzene rings is 2. The number of hydrogen-bond donors (Lipinski definition) is 0. The summed E-state index contributed by atoms with van der Waals surface area (Å²) >= 11 is 0. The van der Waals surface area contributed by atoms with E-state index < -0.39 is 11.9 Å². The molecule has 2 aromatic heterocycles. The van der Waals surface area contributed by atoms with E-state index in [1.54, 1.807) is 25.1 Å². The number of rotatable bonds is 6. The van der Waals surface area contributed by atoms with Crippen LogP contribution in [0.1, 0.15) is 46.0 Å². The summed E-state index contributed by atoms with van der Waals surface area (Å²) in [5.41, 5.74) is 2.13. The molecule has 0 fully saturated rings. The Balaban J connectivity index is 1.76. The van der Waals surface area contributed by atoms with E-state index in [-0.39, 0.29) is 16.8 Å². The van der Waals surface area contributed by atoms with Crippen LogP contribution in [0.3, 0.4) is 0 Å². The van der Waals surface area contributed by atoms with E-state index in [0.717, 1.165) is 12.0 Å². The van der Waals surface area contributed by atoms with Crippen molar-refractivity contribution in [2.45, 2.75) is 26.3 Å². The van der Waals surface area contributed by atoms with Crippen LogP contribution in [0.15, 0.2) is 74.9 Å². The topological polar surface area (TPSA) is 85.8 Å². The fraction of sp³-hybridized carbons (Fsp3) is 0.192. The number of amides is 1. The summed E-state index contributed by atoms with van der Waals surface area (Å²) in [7, 11) is 0. The van der Waals surface area contributed by atoms with Crippen LogP contribution in [0, 0.1) is 6.92 Å². The van der Waals surface area contributed by atoms with E-state index in [2.05, 4.69) is 11.7 Å². The molecule has 0 radical (unpaired) electrons. The predicted molar refractivity (Wildman–Crippen MR) is 124 cm³/mol. The minimum Gasteiger partial charge on any atom is -0.490 e. The van der Waals surface area contributed by atoms with E-state index in [4.69, 9.17) is 13.7 Å². The quantitative estimate of drug-likeness (QED) is 0.392. The average Bonchev–Trinajstić information content (AvgIpc) is 3.38. The van der Waals surface area contributed by atoms with Crippen molar-refractivity contribution in [2.75, 3.05) is 11.5 Å². The van der Waals surface area contributed by atoms with Gasteiger partial charge in [0.05, 0.1) is 17.0 Å². The van der Waals surface area contributed by atoms with Gasteiger partial charge in [-0.3, -0.25) is 14.5 Å². The largest absolute Gasteiger partial charge is 0.490 e. The van der Waals surface area contributed by atoms with E-state index in [0.29, 0.717) is 40.5 Å². The number of carbonyl (C=O) groups excluding carboxylic acids is 1. The number of carbonyl (C=O) groups is 1. The minimum absolute atomic E-state index is 0.0137. The Morgan fingerprint density at radius 3 is 2.76 bits per heavy atom. The average molecular weight is 442 g/mol. The van der Waals surface area contributed by atoms with Crippen molar-refractivity contribution in [1.29, 1.82) is 0 Å². The molecule has 0 aliphatic carbocycles. The SMILES string of the molecule is C=CCOc1cccc(C2c3c(oc4ccc(CC)cc4c3=O)C(=O)N2c2cc(C)on2)c1. The molecule has 3 heterocycles. The van der Waals surface area contributed by atoms with E-state index in [1.165, 1.54) is 4.90 Å². The van der Waals surface area contributed by atoms with Crippen LogP contribution in [-0.2, 0) is 6.42 Å². The Bertz CT molecular complexity index is 1450. The van der Waals surface area contributed by atoms with E-state index >= 15 is 0 Å². The summed E-state index contributed by atoms with van der Waals surface area (Å²) in [5.74, 6) is 1.03. The molecule has 0 spiro atoms. The second-order valence-electron chi connectivity index (χ2n) is 7.90. The molecule has 1 unspecified atom stereocenters. The van der Waals surface area contributed by atoms with Gasteiger partial charge >= 0.3 is 0 Å². The summed E-state index contributed by atoms with van der Waals surface area (Å²) in [6, 6.07) is 13.7. The van der Waals surface area contributed by atoms with Crippen molar-refractivity contribution in [2.24, 2.45) is 0 Å². The molecule has 166 valence electrons. The molecule has 0 N–H and O–H groups in total. The summed E-state index contributed by atoms with van der Waals surface area (Å²) in [6.07, 6.45) is 2.43. The van der Waals surface area contributed by atoms with Gasteiger partial charge in [-0.05, 0) is 48.7 Å². The van der Waals surface area contributed by atoms with Gasteiger partial charge in [-0.1, -0.05) is 42.9 Å². The lowest BCUT2D eigenvalue weighted by Gasteiger charge is -2.22. The third-order valence-corrected chi connectivity index (χ3v) is 5.75. The molecular formula is C26H22N2O5. The van der Waals surface area contributed by atoms with Gasteiger partial charge in [0.1, 0.15) is 23.7 Å². The van der Waals surface area contributed by atoms with Crippen LogP contribution >= 0.6 is 0 Å². The molecule has 5 rings (SSSR count). The van der Waals surface area contributed by atoms with Gasteiger partial charge in [0.2, 0.25) is 5.76 Å². The maximum absolute atomic E-state index is 13.7. The normalized spacial score (nSPS) is 15.2. The Labute approximate surface area is 189 Å². The highest BCUT2D eigenvalue weighted by atomic mass is 16.5. The number of hydrogen-bond acceptors (Lipinski definition) is 6. The molecule has 1 amide bonds. The standard InChI is InChI=1S/C26H22N2O5/c1-4-11-31-18-8-6-7-17(14-18)23-22-24(29)19-13-16(5-2)9-10-20(19)32-25(22)26(30)28(23)21-12-15(3)33-27-21/h4,6-10,12-14,23H,1,5,11H2,2-3H3. The molecule has 0 bridgehead atoms. The highest BCUT2D eigenvalue weighted by Crippen LogP contribution is 2.41. The van der Waals surface area contributed by atoms with Crippen LogP contribution in [0.5, 0.6) is 5.75 Å². The smallest absolute Gasteiger partial charge is 0.296 e. The highest BCUT2D eigenvalue weighted by Gasteiger charge is 2.45. The maximum atomic E-state index is 13.7. The van der Waals surface area contributed by atoms with Gasteiger partial charge in [0, 0.05) is 6.07 Å². The second-order valence-corrected chi connectivity index (χ2v) is 7.90. The molecule has 4 aromatic rings. The van der Waals surface area contributed by atoms with Crippen molar-refractivity contribution in [1.82, 2.24) is 5.16 Å². The molecule has 2 aromatic carbocycles. The zero-order valence-electron chi connectivity index (χ0n) is 18.3. The van der Waals surface area contributed by atoms with Crippen LogP contribution < -0.4 is 15.1 Å². The Morgan fingerprint density at radius 2 is 2.03 bits per heavy atom. The Hall–Kier alpha value is -4.13. The lowest BCUT2D eigenvalue weighted by molar-refractivity contribution is 0.0969. The van der Waals surface area contributed by atoms with Crippen LogP contribution in [0.25, 0.3) is 11.0 Å². The number of nitrogens with zero attached hydrogens (tertiary/aromatic N) is 2. The molecular weight excluding hydrogens is 420 g/mol. The summed E-state index contributed by atoms with van der Waals surface area (Å²) in [5, 5.41) is 4.49. The second kappa shape index (κ2) is 8.09. The summed E-state index contributed by atoms with van der Waals surface area (Å²) < 4.78 is 16.9. The van der Waals surface area contributed by atoms with Crippen LogP contribution in [0.2, 0.25) is 0 Å². The van der Waals surface area contributed by atoms with Gasteiger partial charge in [-0.15, -0.1) is 0 Å². The predicted octanol–water partition coefficient (Wildman–Crippen LogP) is 4.97. The number of aryl methyl sites for hydroxylation is 2. The minimum atomic E-state index is -0.741. The van der Waals surface area contributed by atoms with Gasteiger partial charge < -0.3 is 13.7 Å². The Kier molecular flexibility index (Phi) is 5.09. The monoisotopic (exact) mass is 442 g/mol. The maximum Gasteiger partial charge on any atom is 0.296 e. The number of aromatic nitrogens is 1. The Morgan fingerprint density at radius 1 is 1.18 bits per heavy atom. The molecule has 7 nitrogen and oxygen atoms in total. The molecule has 1 aliphatic heterocycles. The van der Waals surface area contributed by atoms with Crippen molar-refractivity contribution in [3.8, 4) is 5.75 Å². The van der Waals surface area contributed by atoms with Crippen molar-refractivity contribution in [3.63, 3.8) is 0 Å². The molecule has 1 atom stereocenters. The third kappa shape index (κ3) is 3.42. The number of anilines is 1. The first-order chi connectivity index (χ1) is 16.0. The van der Waals surface area contributed by atoms with Gasteiger partial charge in [-0.2, -0.15) is 0 Å².